The molecule has 0 saturated heterocycles. The van der Waals surface area contributed by atoms with Crippen LogP contribution in [0.25, 0.3) is 0 Å². The van der Waals surface area contributed by atoms with Crippen molar-refractivity contribution in [1.82, 2.24) is 4.98 Å². The summed E-state index contributed by atoms with van der Waals surface area (Å²) in [5, 5.41) is 12.0. The molecule has 1 unspecified atom stereocenters. The third kappa shape index (κ3) is 2.73. The smallest absolute Gasteiger partial charge is 0.261 e. The summed E-state index contributed by atoms with van der Waals surface area (Å²) in [5.74, 6) is -0.704. The van der Waals surface area contributed by atoms with Gasteiger partial charge < -0.3 is 9.66 Å². The van der Waals surface area contributed by atoms with Gasteiger partial charge in [-0.3, -0.25) is 14.3 Å². The molecular formula is C10H7N2O4S2-. The van der Waals surface area contributed by atoms with Crippen molar-refractivity contribution < 1.29 is 18.7 Å². The van der Waals surface area contributed by atoms with Gasteiger partial charge in [-0.1, -0.05) is 23.5 Å². The van der Waals surface area contributed by atoms with Gasteiger partial charge in [0, 0.05) is 0 Å². The summed E-state index contributed by atoms with van der Waals surface area (Å²) in [6.45, 7) is 0. The predicted molar refractivity (Wildman–Crippen MR) is 65.4 cm³/mol. The molecule has 2 rings (SSSR count). The number of anilines is 1. The summed E-state index contributed by atoms with van der Waals surface area (Å²) in [4.78, 5) is 15.5. The highest BCUT2D eigenvalue weighted by Crippen LogP contribution is 2.22. The van der Waals surface area contributed by atoms with Crippen molar-refractivity contribution in [3.63, 3.8) is 0 Å². The van der Waals surface area contributed by atoms with E-state index in [1.807, 2.05) is 0 Å². The number of carbonyl (C=O) groups is 1. The van der Waals surface area contributed by atoms with Crippen LogP contribution in [0.15, 0.2) is 34.7 Å². The van der Waals surface area contributed by atoms with Gasteiger partial charge in [0.15, 0.2) is 5.13 Å². The van der Waals surface area contributed by atoms with Gasteiger partial charge in [-0.05, 0) is 23.2 Å². The average Bonchev–Trinajstić information content (AvgIpc) is 2.78. The van der Waals surface area contributed by atoms with Crippen LogP contribution in [0.4, 0.5) is 5.13 Å². The maximum Gasteiger partial charge on any atom is 0.261 e. The first kappa shape index (κ1) is 12.7. The minimum absolute atomic E-state index is 0.0302. The molecule has 0 spiro atoms. The first-order valence-electron chi connectivity index (χ1n) is 4.72. The molecule has 1 aromatic carbocycles. The summed E-state index contributed by atoms with van der Waals surface area (Å²) in [7, 11) is 0. The molecule has 1 amide bonds. The van der Waals surface area contributed by atoms with Crippen LogP contribution in [-0.4, -0.2) is 24.8 Å². The monoisotopic (exact) mass is 283 g/mol. The van der Waals surface area contributed by atoms with E-state index in [-0.39, 0.29) is 20.7 Å². The quantitative estimate of drug-likeness (QED) is 0.827. The van der Waals surface area contributed by atoms with Gasteiger partial charge in [0.2, 0.25) is 0 Å². The van der Waals surface area contributed by atoms with Crippen LogP contribution in [-0.2, 0) is 11.1 Å². The summed E-state index contributed by atoms with van der Waals surface area (Å²) < 4.78 is 21.3. The number of rotatable bonds is 3. The van der Waals surface area contributed by atoms with Gasteiger partial charge in [0.25, 0.3) is 5.91 Å². The molecule has 0 aliphatic rings. The number of aromatic nitrogens is 1. The summed E-state index contributed by atoms with van der Waals surface area (Å²) >= 11 is -1.53. The van der Waals surface area contributed by atoms with Crippen LogP contribution in [0.1, 0.15) is 10.4 Å². The number of phenols is 1. The van der Waals surface area contributed by atoms with Crippen LogP contribution in [0, 0.1) is 0 Å². The number of aromatic hydroxyl groups is 1. The lowest BCUT2D eigenvalue weighted by atomic mass is 10.2. The number of para-hydroxylation sites is 1. The lowest BCUT2D eigenvalue weighted by Crippen LogP contribution is -2.11. The van der Waals surface area contributed by atoms with E-state index in [0.717, 1.165) is 17.5 Å². The van der Waals surface area contributed by atoms with Crippen molar-refractivity contribution in [1.29, 1.82) is 0 Å². The van der Waals surface area contributed by atoms with E-state index in [4.69, 9.17) is 0 Å². The molecular weight excluding hydrogens is 276 g/mol. The molecule has 2 N–H and O–H groups in total. The topological polar surface area (TPSA) is 102 Å². The van der Waals surface area contributed by atoms with Crippen LogP contribution in [0.2, 0.25) is 0 Å². The highest BCUT2D eigenvalue weighted by atomic mass is 32.2. The zero-order valence-corrected chi connectivity index (χ0v) is 10.5. The molecule has 1 aromatic heterocycles. The molecule has 0 aliphatic heterocycles. The van der Waals surface area contributed by atoms with E-state index in [2.05, 4.69) is 10.3 Å². The fourth-order valence-corrected chi connectivity index (χ4v) is 2.42. The first-order valence-corrected chi connectivity index (χ1v) is 6.61. The number of hydrogen-bond acceptors (Lipinski definition) is 6. The van der Waals surface area contributed by atoms with Crippen molar-refractivity contribution in [2.45, 2.75) is 4.21 Å². The Kier molecular flexibility index (Phi) is 3.70. The minimum Gasteiger partial charge on any atom is -0.768 e. The summed E-state index contributed by atoms with van der Waals surface area (Å²) in [6, 6.07) is 6.03. The highest BCUT2D eigenvalue weighted by molar-refractivity contribution is 7.81. The number of hydrogen-bond donors (Lipinski definition) is 2. The second-order valence-corrected chi connectivity index (χ2v) is 5.39. The number of nitrogens with zero attached hydrogens (tertiary/aromatic N) is 1. The third-order valence-corrected chi connectivity index (χ3v) is 3.82. The van der Waals surface area contributed by atoms with E-state index >= 15 is 0 Å². The Morgan fingerprint density at radius 1 is 1.44 bits per heavy atom. The molecule has 6 nitrogen and oxygen atoms in total. The number of amides is 1. The molecule has 94 valence electrons. The van der Waals surface area contributed by atoms with E-state index in [9.17, 15) is 18.7 Å². The van der Waals surface area contributed by atoms with Crippen LogP contribution in [0.5, 0.6) is 5.75 Å². The average molecular weight is 283 g/mol. The standard InChI is InChI=1S/C10H8N2O4S2/c13-7-4-2-1-3-6(7)9(14)12-10-11-5-8(17-10)18(15)16/h1-5,13H,(H,15,16)(H,11,12,14)/p-1. The maximum absolute atomic E-state index is 11.8. The summed E-state index contributed by atoms with van der Waals surface area (Å²) in [6.07, 6.45) is 1.15. The highest BCUT2D eigenvalue weighted by Gasteiger charge is 2.12. The van der Waals surface area contributed by atoms with E-state index < -0.39 is 17.0 Å². The lowest BCUT2D eigenvalue weighted by molar-refractivity contribution is 0.102. The van der Waals surface area contributed by atoms with Crippen molar-refractivity contribution >= 4 is 33.5 Å². The van der Waals surface area contributed by atoms with Gasteiger partial charge in [0.05, 0.1) is 16.0 Å². The van der Waals surface area contributed by atoms with Crippen molar-refractivity contribution in [2.24, 2.45) is 0 Å². The zero-order chi connectivity index (χ0) is 13.1. The summed E-state index contributed by atoms with van der Waals surface area (Å²) in [5.41, 5.74) is 0.0949. The van der Waals surface area contributed by atoms with E-state index in [1.54, 1.807) is 12.1 Å². The van der Waals surface area contributed by atoms with Gasteiger partial charge >= 0.3 is 0 Å². The fraction of sp³-hybridized carbons (Fsp3) is 0. The molecule has 0 aliphatic carbocycles. The third-order valence-electron chi connectivity index (χ3n) is 2.02. The Bertz CT molecular complexity index is 611. The largest absolute Gasteiger partial charge is 0.768 e. The molecule has 0 radical (unpaired) electrons. The normalized spacial score (nSPS) is 12.1. The lowest BCUT2D eigenvalue weighted by Gasteiger charge is -2.03. The number of nitrogens with one attached hydrogen (secondary N) is 1. The molecule has 18 heavy (non-hydrogen) atoms. The zero-order valence-electron chi connectivity index (χ0n) is 8.82. The minimum atomic E-state index is -2.37. The van der Waals surface area contributed by atoms with Crippen LogP contribution >= 0.6 is 11.3 Å². The predicted octanol–water partition coefficient (Wildman–Crippen LogP) is 1.34. The first-order chi connectivity index (χ1) is 8.58. The van der Waals surface area contributed by atoms with Gasteiger partial charge in [-0.2, -0.15) is 0 Å². The van der Waals surface area contributed by atoms with E-state index in [0.29, 0.717) is 0 Å². The molecule has 1 heterocycles. The molecule has 1 atom stereocenters. The van der Waals surface area contributed by atoms with E-state index in [1.165, 1.54) is 12.1 Å². The Morgan fingerprint density at radius 2 is 2.17 bits per heavy atom. The Hall–Kier alpha value is -1.77. The molecule has 2 aromatic rings. The van der Waals surface area contributed by atoms with Gasteiger partial charge in [-0.25, -0.2) is 4.98 Å². The second-order valence-electron chi connectivity index (χ2n) is 3.19. The van der Waals surface area contributed by atoms with Crippen LogP contribution in [0.3, 0.4) is 0 Å². The van der Waals surface area contributed by atoms with Crippen LogP contribution < -0.4 is 5.32 Å². The molecule has 0 bridgehead atoms. The SMILES string of the molecule is O=C(Nc1ncc(S(=O)[O-])s1)c1ccccc1O. The molecule has 0 fully saturated rings. The van der Waals surface area contributed by atoms with Gasteiger partial charge in [0.1, 0.15) is 5.75 Å². The number of benzene rings is 1. The van der Waals surface area contributed by atoms with Crippen molar-refractivity contribution in [3.05, 3.63) is 36.0 Å². The second kappa shape index (κ2) is 5.25. The maximum atomic E-state index is 11.8. The van der Waals surface area contributed by atoms with Crippen molar-refractivity contribution in [2.75, 3.05) is 5.32 Å². The van der Waals surface area contributed by atoms with Crippen molar-refractivity contribution in [3.8, 4) is 5.75 Å². The molecule has 0 saturated carbocycles. The Labute approximate surface area is 109 Å². The fourth-order valence-electron chi connectivity index (χ4n) is 1.22. The van der Waals surface area contributed by atoms with Gasteiger partial charge in [-0.15, -0.1) is 0 Å². The molecule has 8 heteroatoms. The number of thiazole rings is 1. The Balaban J connectivity index is 2.16. The number of phenolic OH excluding ortho intramolecular Hbond substituents is 1. The Morgan fingerprint density at radius 3 is 2.78 bits per heavy atom. The number of carbonyl (C=O) groups excluding carboxylic acids is 1.